The van der Waals surface area contributed by atoms with E-state index in [1.807, 2.05) is 55.5 Å². The highest BCUT2D eigenvalue weighted by Crippen LogP contribution is 2.30. The van der Waals surface area contributed by atoms with Crippen LogP contribution in [0.25, 0.3) is 28.0 Å². The first-order valence-corrected chi connectivity index (χ1v) is 10.3. The largest absolute Gasteiger partial charge is 0.319 e. The van der Waals surface area contributed by atoms with Gasteiger partial charge in [0.15, 0.2) is 11.5 Å². The van der Waals surface area contributed by atoms with Crippen molar-refractivity contribution in [2.45, 2.75) is 6.92 Å². The van der Waals surface area contributed by atoms with Gasteiger partial charge in [0.25, 0.3) is 5.91 Å². The van der Waals surface area contributed by atoms with Crippen molar-refractivity contribution < 1.29 is 4.79 Å². The standard InChI is InChI=1S/C24H17ClN6O/c1-15-5-4-8-23(28-15)31-21(18-11-12-26-19-7-3-2-6-17(18)19)13-20(30-31)24(32)29-16-9-10-22(25)27-14-16/h2-14H,1H3,(H,29,32). The molecule has 1 N–H and O–H groups in total. The van der Waals surface area contributed by atoms with Crippen molar-refractivity contribution in [2.75, 3.05) is 5.32 Å². The minimum absolute atomic E-state index is 0.249. The molecule has 0 bridgehead atoms. The molecule has 4 aromatic heterocycles. The van der Waals surface area contributed by atoms with Gasteiger partial charge in [0.2, 0.25) is 0 Å². The van der Waals surface area contributed by atoms with Crippen LogP contribution in [-0.4, -0.2) is 30.6 Å². The van der Waals surface area contributed by atoms with E-state index in [4.69, 9.17) is 11.6 Å². The van der Waals surface area contributed by atoms with Crippen molar-refractivity contribution >= 4 is 34.1 Å². The molecule has 0 spiro atoms. The lowest BCUT2D eigenvalue weighted by Crippen LogP contribution is -2.13. The van der Waals surface area contributed by atoms with E-state index in [1.54, 1.807) is 29.1 Å². The van der Waals surface area contributed by atoms with Gasteiger partial charge in [0.1, 0.15) is 5.15 Å². The summed E-state index contributed by atoms with van der Waals surface area (Å²) >= 11 is 5.83. The number of nitrogens with one attached hydrogen (secondary N) is 1. The predicted molar refractivity (Wildman–Crippen MR) is 124 cm³/mol. The van der Waals surface area contributed by atoms with E-state index in [1.165, 1.54) is 6.20 Å². The number of hydrogen-bond donors (Lipinski definition) is 1. The van der Waals surface area contributed by atoms with Crippen LogP contribution in [0.3, 0.4) is 0 Å². The van der Waals surface area contributed by atoms with Crippen LogP contribution in [0, 0.1) is 6.92 Å². The second-order valence-electron chi connectivity index (χ2n) is 7.16. The molecule has 8 heteroatoms. The summed E-state index contributed by atoms with van der Waals surface area (Å²) in [4.78, 5) is 26.0. The van der Waals surface area contributed by atoms with Gasteiger partial charge in [-0.05, 0) is 49.4 Å². The molecule has 0 unspecified atom stereocenters. The molecule has 0 fully saturated rings. The van der Waals surface area contributed by atoms with Crippen molar-refractivity contribution in [1.82, 2.24) is 24.7 Å². The minimum Gasteiger partial charge on any atom is -0.319 e. The fourth-order valence-electron chi connectivity index (χ4n) is 3.47. The van der Waals surface area contributed by atoms with Crippen molar-refractivity contribution in [1.29, 1.82) is 0 Å². The number of rotatable bonds is 4. The average molecular weight is 441 g/mol. The molecule has 7 nitrogen and oxygen atoms in total. The summed E-state index contributed by atoms with van der Waals surface area (Å²) in [7, 11) is 0. The lowest BCUT2D eigenvalue weighted by molar-refractivity contribution is 0.102. The molecule has 0 aliphatic heterocycles. The molecule has 1 amide bonds. The molecule has 0 aliphatic rings. The summed E-state index contributed by atoms with van der Waals surface area (Å²) in [5.41, 5.74) is 4.12. The summed E-state index contributed by atoms with van der Waals surface area (Å²) < 4.78 is 1.68. The molecule has 0 atom stereocenters. The maximum atomic E-state index is 13.0. The number of pyridine rings is 3. The fraction of sp³-hybridized carbons (Fsp3) is 0.0417. The maximum Gasteiger partial charge on any atom is 0.276 e. The minimum atomic E-state index is -0.361. The SMILES string of the molecule is Cc1cccc(-n2nc(C(=O)Nc3ccc(Cl)nc3)cc2-c2ccnc3ccccc23)n1. The molecule has 4 heterocycles. The Morgan fingerprint density at radius 2 is 1.88 bits per heavy atom. The molecule has 32 heavy (non-hydrogen) atoms. The van der Waals surface area contributed by atoms with Gasteiger partial charge in [0, 0.05) is 22.8 Å². The van der Waals surface area contributed by atoms with E-state index in [9.17, 15) is 4.79 Å². The first-order valence-electron chi connectivity index (χ1n) is 9.89. The molecule has 0 saturated carbocycles. The lowest BCUT2D eigenvalue weighted by Gasteiger charge is -2.09. The van der Waals surface area contributed by atoms with Gasteiger partial charge in [0.05, 0.1) is 23.1 Å². The Morgan fingerprint density at radius 3 is 2.69 bits per heavy atom. The van der Waals surface area contributed by atoms with E-state index in [-0.39, 0.29) is 11.6 Å². The Kier molecular flexibility index (Phi) is 5.09. The fourth-order valence-corrected chi connectivity index (χ4v) is 3.58. The second kappa shape index (κ2) is 8.20. The Morgan fingerprint density at radius 1 is 1.00 bits per heavy atom. The number of halogens is 1. The number of aryl methyl sites for hydroxylation is 1. The van der Waals surface area contributed by atoms with Crippen LogP contribution < -0.4 is 5.32 Å². The van der Waals surface area contributed by atoms with Crippen LogP contribution in [0.2, 0.25) is 5.15 Å². The summed E-state index contributed by atoms with van der Waals surface area (Å²) in [6, 6.07) is 20.5. The number of nitrogens with zero attached hydrogens (tertiary/aromatic N) is 5. The third-order valence-corrected chi connectivity index (χ3v) is 5.17. The molecular formula is C24H17ClN6O. The number of carbonyl (C=O) groups is 1. The van der Waals surface area contributed by atoms with Gasteiger partial charge >= 0.3 is 0 Å². The summed E-state index contributed by atoms with van der Waals surface area (Å²) in [6.07, 6.45) is 3.24. The van der Waals surface area contributed by atoms with E-state index in [2.05, 4.69) is 25.4 Å². The van der Waals surface area contributed by atoms with Crippen molar-refractivity contribution in [3.05, 3.63) is 95.7 Å². The van der Waals surface area contributed by atoms with Crippen molar-refractivity contribution in [3.63, 3.8) is 0 Å². The van der Waals surface area contributed by atoms with Gasteiger partial charge in [-0.2, -0.15) is 5.10 Å². The van der Waals surface area contributed by atoms with Crippen molar-refractivity contribution in [3.8, 4) is 17.1 Å². The summed E-state index contributed by atoms with van der Waals surface area (Å²) in [6.45, 7) is 1.91. The predicted octanol–water partition coefficient (Wildman–Crippen LogP) is 5.09. The number of fused-ring (bicyclic) bond motifs is 1. The summed E-state index contributed by atoms with van der Waals surface area (Å²) in [5, 5.41) is 8.71. The number of amides is 1. The van der Waals surface area contributed by atoms with Gasteiger partial charge in [-0.25, -0.2) is 14.6 Å². The average Bonchev–Trinajstić information content (AvgIpc) is 3.26. The molecule has 1 aromatic carbocycles. The highest BCUT2D eigenvalue weighted by atomic mass is 35.5. The number of aromatic nitrogens is 5. The zero-order valence-electron chi connectivity index (χ0n) is 17.0. The van der Waals surface area contributed by atoms with Gasteiger partial charge in [-0.15, -0.1) is 0 Å². The highest BCUT2D eigenvalue weighted by Gasteiger charge is 2.19. The zero-order chi connectivity index (χ0) is 22.1. The van der Waals surface area contributed by atoms with Crippen LogP contribution in [-0.2, 0) is 0 Å². The highest BCUT2D eigenvalue weighted by molar-refractivity contribution is 6.29. The first-order chi connectivity index (χ1) is 15.6. The smallest absolute Gasteiger partial charge is 0.276 e. The molecule has 5 rings (SSSR count). The molecular weight excluding hydrogens is 424 g/mol. The number of hydrogen-bond acceptors (Lipinski definition) is 5. The van der Waals surface area contributed by atoms with Crippen LogP contribution in [0.5, 0.6) is 0 Å². The van der Waals surface area contributed by atoms with E-state index in [0.717, 1.165) is 27.9 Å². The van der Waals surface area contributed by atoms with E-state index < -0.39 is 0 Å². The van der Waals surface area contributed by atoms with Crippen LogP contribution in [0.15, 0.2) is 79.1 Å². The Hall–Kier alpha value is -4.10. The maximum absolute atomic E-state index is 13.0. The van der Waals surface area contributed by atoms with E-state index >= 15 is 0 Å². The third-order valence-electron chi connectivity index (χ3n) is 4.94. The van der Waals surface area contributed by atoms with Gasteiger partial charge in [-0.1, -0.05) is 35.9 Å². The normalized spacial score (nSPS) is 10.9. The first kappa shape index (κ1) is 19.8. The number of carbonyl (C=O) groups excluding carboxylic acids is 1. The van der Waals surface area contributed by atoms with E-state index in [0.29, 0.717) is 16.7 Å². The monoisotopic (exact) mass is 440 g/mol. The molecule has 156 valence electrons. The number of anilines is 1. The second-order valence-corrected chi connectivity index (χ2v) is 7.55. The van der Waals surface area contributed by atoms with Crippen LogP contribution >= 0.6 is 11.6 Å². The molecule has 5 aromatic rings. The van der Waals surface area contributed by atoms with Gasteiger partial charge < -0.3 is 5.32 Å². The van der Waals surface area contributed by atoms with Crippen molar-refractivity contribution in [2.24, 2.45) is 0 Å². The third kappa shape index (κ3) is 3.81. The molecule has 0 saturated heterocycles. The summed E-state index contributed by atoms with van der Waals surface area (Å²) in [5.74, 6) is 0.258. The number of benzene rings is 1. The topological polar surface area (TPSA) is 85.6 Å². The Bertz CT molecular complexity index is 1440. The van der Waals surface area contributed by atoms with Gasteiger partial charge in [-0.3, -0.25) is 9.78 Å². The quantitative estimate of drug-likeness (QED) is 0.393. The lowest BCUT2D eigenvalue weighted by atomic mass is 10.1. The zero-order valence-corrected chi connectivity index (χ0v) is 17.8. The van der Waals surface area contributed by atoms with Crippen LogP contribution in [0.1, 0.15) is 16.2 Å². The number of para-hydroxylation sites is 1. The Labute approximate surface area is 188 Å². The molecule has 0 aliphatic carbocycles. The molecule has 0 radical (unpaired) electrons. The van der Waals surface area contributed by atoms with Crippen LogP contribution in [0.4, 0.5) is 5.69 Å². The Balaban J connectivity index is 1.64.